The highest BCUT2D eigenvalue weighted by Gasteiger charge is 1.83. The molecule has 0 spiro atoms. The van der Waals surface area contributed by atoms with Crippen molar-refractivity contribution in [1.82, 2.24) is 4.98 Å². The average molecular weight is 117 g/mol. The Morgan fingerprint density at radius 1 is 2.00 bits per heavy atom. The van der Waals surface area contributed by atoms with Gasteiger partial charge in [-0.2, -0.15) is 0 Å². The largest absolute Gasteiger partial charge is 0.317 e. The first kappa shape index (κ1) is 4.59. The Morgan fingerprint density at radius 3 is 2.86 bits per heavy atom. The maximum atomic E-state index is 10.3. The molecule has 0 amide bonds. The number of thiazole rings is 1. The summed E-state index contributed by atoms with van der Waals surface area (Å²) in [6, 6.07) is 0. The number of aryl methyl sites for hydroxylation is 1. The summed E-state index contributed by atoms with van der Waals surface area (Å²) in [4.78, 5) is 12.9. The maximum absolute atomic E-state index is 10.3. The highest BCUT2D eigenvalue weighted by Crippen LogP contribution is 1.89. The van der Waals surface area contributed by atoms with Crippen LogP contribution in [0, 0.1) is 6.92 Å². The third kappa shape index (κ3) is 0.899. The van der Waals surface area contributed by atoms with Crippen LogP contribution in [0.2, 0.25) is 0 Å². The number of hydrogen-bond acceptors (Lipinski definition) is 2. The first-order chi connectivity index (χ1) is 3.29. The molecule has 1 rings (SSSR count). The predicted molar refractivity (Wildman–Crippen MR) is 31.8 cm³/mol. The van der Waals surface area contributed by atoms with E-state index in [1.165, 1.54) is 11.3 Å². The first-order valence-corrected chi connectivity index (χ1v) is 2.81. The molecule has 0 saturated carbocycles. The standard InChI is InChI=1S/C4H5NOS.H2/c1-3-2-7-4(6)5-3;/h2H,1H3,(H,5,6);1H. The Bertz CT molecular complexity index is 204. The second kappa shape index (κ2) is 1.50. The van der Waals surface area contributed by atoms with Gasteiger partial charge in [-0.15, -0.1) is 0 Å². The highest BCUT2D eigenvalue weighted by atomic mass is 32.1. The van der Waals surface area contributed by atoms with Crippen molar-refractivity contribution in [2.75, 3.05) is 0 Å². The Morgan fingerprint density at radius 2 is 2.71 bits per heavy atom. The van der Waals surface area contributed by atoms with Gasteiger partial charge in [0.1, 0.15) is 0 Å². The molecule has 0 saturated heterocycles. The molecule has 0 fully saturated rings. The summed E-state index contributed by atoms with van der Waals surface area (Å²) in [5.74, 6) is 0. The summed E-state index contributed by atoms with van der Waals surface area (Å²) in [6.45, 7) is 1.86. The molecule has 0 atom stereocenters. The number of aromatic nitrogens is 1. The number of H-pyrrole nitrogens is 1. The van der Waals surface area contributed by atoms with Crippen molar-refractivity contribution in [1.29, 1.82) is 0 Å². The van der Waals surface area contributed by atoms with Gasteiger partial charge >= 0.3 is 4.87 Å². The molecule has 0 aliphatic rings. The normalized spacial score (nSPS) is 9.29. The molecular formula is C4H7NOS. The minimum Gasteiger partial charge on any atom is -0.317 e. The summed E-state index contributed by atoms with van der Waals surface area (Å²) in [5, 5.41) is 1.79. The summed E-state index contributed by atoms with van der Waals surface area (Å²) in [5.41, 5.74) is 0.940. The summed E-state index contributed by atoms with van der Waals surface area (Å²) in [7, 11) is 0. The molecule has 1 heterocycles. The van der Waals surface area contributed by atoms with Gasteiger partial charge in [-0.05, 0) is 6.92 Å². The molecule has 1 N–H and O–H groups in total. The molecule has 0 bridgehead atoms. The van der Waals surface area contributed by atoms with Crippen LogP contribution in [0.15, 0.2) is 10.2 Å². The Kier molecular flexibility index (Phi) is 0.982. The lowest BCUT2D eigenvalue weighted by Gasteiger charge is -1.68. The number of hydrogen-bond donors (Lipinski definition) is 1. The molecule has 0 aliphatic carbocycles. The lowest BCUT2D eigenvalue weighted by molar-refractivity contribution is 1.22. The van der Waals surface area contributed by atoms with E-state index in [2.05, 4.69) is 4.98 Å². The van der Waals surface area contributed by atoms with Gasteiger partial charge in [0.15, 0.2) is 0 Å². The van der Waals surface area contributed by atoms with Crippen LogP contribution in [0.3, 0.4) is 0 Å². The van der Waals surface area contributed by atoms with Crippen molar-refractivity contribution in [3.8, 4) is 0 Å². The molecule has 0 aliphatic heterocycles. The Hall–Kier alpha value is -0.570. The van der Waals surface area contributed by atoms with Crippen LogP contribution in [0.25, 0.3) is 0 Å². The smallest absolute Gasteiger partial charge is 0.304 e. The van der Waals surface area contributed by atoms with E-state index in [1.54, 1.807) is 5.38 Å². The van der Waals surface area contributed by atoms with Crippen molar-refractivity contribution < 1.29 is 1.43 Å². The van der Waals surface area contributed by atoms with Crippen LogP contribution < -0.4 is 4.87 Å². The van der Waals surface area contributed by atoms with Crippen LogP contribution in [0.1, 0.15) is 7.12 Å². The minimum atomic E-state index is 0. The lowest BCUT2D eigenvalue weighted by atomic mass is 10.6. The van der Waals surface area contributed by atoms with Gasteiger partial charge in [-0.3, -0.25) is 4.79 Å². The van der Waals surface area contributed by atoms with Crippen molar-refractivity contribution in [2.45, 2.75) is 6.92 Å². The lowest BCUT2D eigenvalue weighted by Crippen LogP contribution is -1.90. The number of nitrogens with one attached hydrogen (secondary N) is 1. The topological polar surface area (TPSA) is 32.9 Å². The maximum Gasteiger partial charge on any atom is 0.304 e. The zero-order valence-electron chi connectivity index (χ0n) is 3.89. The fourth-order valence-electron chi connectivity index (χ4n) is 0.362. The summed E-state index contributed by atoms with van der Waals surface area (Å²) in [6.07, 6.45) is 0. The van der Waals surface area contributed by atoms with Crippen LogP contribution in [-0.2, 0) is 0 Å². The van der Waals surface area contributed by atoms with Gasteiger partial charge < -0.3 is 4.98 Å². The third-order valence-corrected chi connectivity index (χ3v) is 1.43. The van der Waals surface area contributed by atoms with Crippen molar-refractivity contribution >= 4 is 11.3 Å². The molecule has 0 unspecified atom stereocenters. The first-order valence-electron chi connectivity index (χ1n) is 1.93. The third-order valence-electron chi connectivity index (χ3n) is 0.642. The van der Waals surface area contributed by atoms with E-state index in [1.807, 2.05) is 6.92 Å². The van der Waals surface area contributed by atoms with Gasteiger partial charge in [0.25, 0.3) is 0 Å². The van der Waals surface area contributed by atoms with E-state index in [4.69, 9.17) is 0 Å². The molecule has 1 aromatic rings. The fraction of sp³-hybridized carbons (Fsp3) is 0.250. The Balaban J connectivity index is 0.000000490. The second-order valence-electron chi connectivity index (χ2n) is 1.33. The summed E-state index contributed by atoms with van der Waals surface area (Å²) < 4.78 is 0. The minimum absolute atomic E-state index is 0. The second-order valence-corrected chi connectivity index (χ2v) is 2.17. The molecule has 1 aromatic heterocycles. The number of rotatable bonds is 0. The quantitative estimate of drug-likeness (QED) is 0.540. The fourth-order valence-corrected chi connectivity index (χ4v) is 0.924. The molecule has 0 aromatic carbocycles. The van der Waals surface area contributed by atoms with Crippen LogP contribution in [0.5, 0.6) is 0 Å². The van der Waals surface area contributed by atoms with Gasteiger partial charge in [-0.1, -0.05) is 11.3 Å². The predicted octanol–water partition coefficient (Wildman–Crippen LogP) is 0.991. The molecule has 40 valence electrons. The molecular weight excluding hydrogens is 110 g/mol. The molecule has 7 heavy (non-hydrogen) atoms. The Labute approximate surface area is 46.3 Å². The van der Waals surface area contributed by atoms with Crippen molar-refractivity contribution in [3.05, 3.63) is 20.7 Å². The zero-order valence-corrected chi connectivity index (χ0v) is 4.71. The zero-order chi connectivity index (χ0) is 5.28. The van der Waals surface area contributed by atoms with Crippen molar-refractivity contribution in [2.24, 2.45) is 0 Å². The van der Waals surface area contributed by atoms with Gasteiger partial charge in [0, 0.05) is 12.5 Å². The monoisotopic (exact) mass is 117 g/mol. The van der Waals surface area contributed by atoms with E-state index in [0.717, 1.165) is 5.69 Å². The van der Waals surface area contributed by atoms with Gasteiger partial charge in [0.05, 0.1) is 0 Å². The van der Waals surface area contributed by atoms with E-state index in [0.29, 0.717) is 0 Å². The van der Waals surface area contributed by atoms with Crippen LogP contribution in [0.4, 0.5) is 0 Å². The SMILES string of the molecule is Cc1csc(=O)[nH]1.[HH]. The van der Waals surface area contributed by atoms with E-state index < -0.39 is 0 Å². The highest BCUT2D eigenvalue weighted by molar-refractivity contribution is 7.07. The van der Waals surface area contributed by atoms with E-state index in [-0.39, 0.29) is 6.30 Å². The molecule has 0 radical (unpaired) electrons. The average Bonchev–Trinajstić information content (AvgIpc) is 1.87. The molecule has 3 heteroatoms. The van der Waals surface area contributed by atoms with Gasteiger partial charge in [0.2, 0.25) is 0 Å². The van der Waals surface area contributed by atoms with E-state index in [9.17, 15) is 4.79 Å². The van der Waals surface area contributed by atoms with Crippen LogP contribution >= 0.6 is 11.3 Å². The number of aromatic amines is 1. The van der Waals surface area contributed by atoms with Gasteiger partial charge in [-0.25, -0.2) is 0 Å². The molecule has 2 nitrogen and oxygen atoms in total. The van der Waals surface area contributed by atoms with Crippen molar-refractivity contribution in [3.63, 3.8) is 0 Å². The van der Waals surface area contributed by atoms with Crippen LogP contribution in [-0.4, -0.2) is 4.98 Å². The van der Waals surface area contributed by atoms with E-state index >= 15 is 0 Å². The summed E-state index contributed by atoms with van der Waals surface area (Å²) >= 11 is 1.19.